The molecule has 1 aromatic rings. The summed E-state index contributed by atoms with van der Waals surface area (Å²) in [6.07, 6.45) is 4.73. The number of amides is 3. The summed E-state index contributed by atoms with van der Waals surface area (Å²) in [7, 11) is 0. The minimum absolute atomic E-state index is 0.0375. The van der Waals surface area contributed by atoms with Crippen LogP contribution in [-0.4, -0.2) is 60.2 Å². The molecule has 0 saturated carbocycles. The van der Waals surface area contributed by atoms with Crippen molar-refractivity contribution in [2.45, 2.75) is 38.5 Å². The topological polar surface area (TPSA) is 69.7 Å². The molecule has 1 unspecified atom stereocenters. The Balaban J connectivity index is 1.37. The summed E-state index contributed by atoms with van der Waals surface area (Å²) in [4.78, 5) is 40.3. The standard InChI is InChI=1S/C21H29N3O3/c25-19(23-12-5-2-6-13-23)9-11-22-21(27)18-15-20(26)24(16-18)14-10-17-7-3-1-4-8-17/h1,3-4,7-8,18H,2,5-6,9-16H2,(H,22,27). The van der Waals surface area contributed by atoms with Crippen LogP contribution in [0, 0.1) is 5.92 Å². The van der Waals surface area contributed by atoms with Gasteiger partial charge < -0.3 is 15.1 Å². The summed E-state index contributed by atoms with van der Waals surface area (Å²) in [6.45, 7) is 3.13. The number of carbonyl (C=O) groups is 3. The molecule has 27 heavy (non-hydrogen) atoms. The average molecular weight is 371 g/mol. The first-order valence-corrected chi connectivity index (χ1v) is 10.0. The zero-order chi connectivity index (χ0) is 19.1. The maximum atomic E-state index is 12.4. The molecule has 6 heteroatoms. The molecule has 0 aliphatic carbocycles. The van der Waals surface area contributed by atoms with Crippen molar-refractivity contribution in [2.75, 3.05) is 32.7 Å². The van der Waals surface area contributed by atoms with Crippen molar-refractivity contribution in [1.82, 2.24) is 15.1 Å². The van der Waals surface area contributed by atoms with Gasteiger partial charge in [-0.25, -0.2) is 0 Å². The third-order valence-electron chi connectivity index (χ3n) is 5.45. The van der Waals surface area contributed by atoms with Crippen LogP contribution in [0.1, 0.15) is 37.7 Å². The van der Waals surface area contributed by atoms with E-state index in [-0.39, 0.29) is 30.1 Å². The molecular weight excluding hydrogens is 342 g/mol. The van der Waals surface area contributed by atoms with Crippen LogP contribution in [0.25, 0.3) is 0 Å². The molecule has 6 nitrogen and oxygen atoms in total. The van der Waals surface area contributed by atoms with Gasteiger partial charge in [0.1, 0.15) is 0 Å². The number of nitrogens with one attached hydrogen (secondary N) is 1. The van der Waals surface area contributed by atoms with Crippen LogP contribution in [0.15, 0.2) is 30.3 Å². The van der Waals surface area contributed by atoms with E-state index in [9.17, 15) is 14.4 Å². The number of piperidine rings is 1. The predicted octanol–water partition coefficient (Wildman–Crippen LogP) is 1.60. The molecule has 2 heterocycles. The Hall–Kier alpha value is -2.37. The first-order chi connectivity index (χ1) is 13.1. The molecular formula is C21H29N3O3. The van der Waals surface area contributed by atoms with E-state index < -0.39 is 0 Å². The van der Waals surface area contributed by atoms with Crippen LogP contribution < -0.4 is 5.32 Å². The van der Waals surface area contributed by atoms with Crippen LogP contribution in [-0.2, 0) is 20.8 Å². The van der Waals surface area contributed by atoms with Crippen molar-refractivity contribution in [1.29, 1.82) is 0 Å². The second-order valence-corrected chi connectivity index (χ2v) is 7.46. The minimum Gasteiger partial charge on any atom is -0.355 e. The first kappa shape index (κ1) is 19.4. The fraction of sp³-hybridized carbons (Fsp3) is 0.571. The molecule has 2 aliphatic heterocycles. The van der Waals surface area contributed by atoms with Gasteiger partial charge >= 0.3 is 0 Å². The number of benzene rings is 1. The van der Waals surface area contributed by atoms with Crippen LogP contribution in [0.4, 0.5) is 0 Å². The normalized spacial score (nSPS) is 20.0. The zero-order valence-electron chi connectivity index (χ0n) is 15.9. The molecule has 2 aliphatic rings. The number of likely N-dealkylation sites (tertiary alicyclic amines) is 2. The molecule has 1 atom stereocenters. The Labute approximate surface area is 160 Å². The average Bonchev–Trinajstić information content (AvgIpc) is 3.08. The van der Waals surface area contributed by atoms with Gasteiger partial charge in [0.25, 0.3) is 0 Å². The van der Waals surface area contributed by atoms with Gasteiger partial charge in [0.2, 0.25) is 17.7 Å². The van der Waals surface area contributed by atoms with Crippen molar-refractivity contribution in [3.63, 3.8) is 0 Å². The Morgan fingerprint density at radius 1 is 1.07 bits per heavy atom. The lowest BCUT2D eigenvalue weighted by molar-refractivity contribution is -0.132. The second-order valence-electron chi connectivity index (χ2n) is 7.46. The number of hydrogen-bond acceptors (Lipinski definition) is 3. The Morgan fingerprint density at radius 3 is 2.56 bits per heavy atom. The molecule has 2 fully saturated rings. The minimum atomic E-state index is -0.307. The summed E-state index contributed by atoms with van der Waals surface area (Å²) < 4.78 is 0. The second kappa shape index (κ2) is 9.53. The largest absolute Gasteiger partial charge is 0.355 e. The van der Waals surface area contributed by atoms with E-state index in [0.29, 0.717) is 26.1 Å². The monoisotopic (exact) mass is 371 g/mol. The highest BCUT2D eigenvalue weighted by molar-refractivity contribution is 5.89. The smallest absolute Gasteiger partial charge is 0.225 e. The van der Waals surface area contributed by atoms with E-state index in [1.165, 1.54) is 12.0 Å². The molecule has 2 saturated heterocycles. The SMILES string of the molecule is O=C(NCCC(=O)N1CCCCC1)C1CC(=O)N(CCc2ccccc2)C1. The first-order valence-electron chi connectivity index (χ1n) is 10.0. The molecule has 1 aromatic carbocycles. The van der Waals surface area contributed by atoms with Crippen molar-refractivity contribution < 1.29 is 14.4 Å². The van der Waals surface area contributed by atoms with E-state index in [0.717, 1.165) is 32.4 Å². The van der Waals surface area contributed by atoms with Crippen LogP contribution >= 0.6 is 0 Å². The van der Waals surface area contributed by atoms with Gasteiger partial charge in [-0.2, -0.15) is 0 Å². The van der Waals surface area contributed by atoms with Gasteiger partial charge in [-0.1, -0.05) is 30.3 Å². The Bertz CT molecular complexity index is 656. The molecule has 0 spiro atoms. The third kappa shape index (κ3) is 5.55. The van der Waals surface area contributed by atoms with Crippen molar-refractivity contribution in [3.8, 4) is 0 Å². The fourth-order valence-electron chi connectivity index (χ4n) is 3.81. The Kier molecular flexibility index (Phi) is 6.85. The highest BCUT2D eigenvalue weighted by Gasteiger charge is 2.33. The van der Waals surface area contributed by atoms with Crippen LogP contribution in [0.3, 0.4) is 0 Å². The lowest BCUT2D eigenvalue weighted by Gasteiger charge is -2.26. The molecule has 1 N–H and O–H groups in total. The predicted molar refractivity (Wildman–Crippen MR) is 103 cm³/mol. The molecule has 0 radical (unpaired) electrons. The van der Waals surface area contributed by atoms with Gasteiger partial charge in [0, 0.05) is 45.6 Å². The van der Waals surface area contributed by atoms with E-state index in [1.54, 1.807) is 4.90 Å². The highest BCUT2D eigenvalue weighted by Crippen LogP contribution is 2.18. The molecule has 3 amide bonds. The summed E-state index contributed by atoms with van der Waals surface area (Å²) in [5.74, 6) is -0.271. The molecule has 3 rings (SSSR count). The number of carbonyl (C=O) groups excluding carboxylic acids is 3. The van der Waals surface area contributed by atoms with Gasteiger partial charge in [-0.05, 0) is 31.2 Å². The maximum Gasteiger partial charge on any atom is 0.225 e. The lowest BCUT2D eigenvalue weighted by atomic mass is 10.1. The highest BCUT2D eigenvalue weighted by atomic mass is 16.2. The van der Waals surface area contributed by atoms with Crippen molar-refractivity contribution in [3.05, 3.63) is 35.9 Å². The van der Waals surface area contributed by atoms with Crippen LogP contribution in [0.2, 0.25) is 0 Å². The van der Waals surface area contributed by atoms with E-state index in [2.05, 4.69) is 5.32 Å². The van der Waals surface area contributed by atoms with Crippen molar-refractivity contribution >= 4 is 17.7 Å². The van der Waals surface area contributed by atoms with Gasteiger partial charge in [-0.15, -0.1) is 0 Å². The van der Waals surface area contributed by atoms with Crippen molar-refractivity contribution in [2.24, 2.45) is 5.92 Å². The van der Waals surface area contributed by atoms with Crippen LogP contribution in [0.5, 0.6) is 0 Å². The van der Waals surface area contributed by atoms with E-state index in [4.69, 9.17) is 0 Å². The van der Waals surface area contributed by atoms with E-state index >= 15 is 0 Å². The van der Waals surface area contributed by atoms with Gasteiger partial charge in [0.15, 0.2) is 0 Å². The number of rotatable bonds is 7. The summed E-state index contributed by atoms with van der Waals surface area (Å²) in [6, 6.07) is 10.0. The summed E-state index contributed by atoms with van der Waals surface area (Å²) in [5.41, 5.74) is 1.19. The number of nitrogens with zero attached hydrogens (tertiary/aromatic N) is 2. The number of hydrogen-bond donors (Lipinski definition) is 1. The van der Waals surface area contributed by atoms with Gasteiger partial charge in [0.05, 0.1) is 5.92 Å². The summed E-state index contributed by atoms with van der Waals surface area (Å²) >= 11 is 0. The maximum absolute atomic E-state index is 12.4. The zero-order valence-corrected chi connectivity index (χ0v) is 15.9. The van der Waals surface area contributed by atoms with E-state index in [1.807, 2.05) is 35.2 Å². The fourth-order valence-corrected chi connectivity index (χ4v) is 3.81. The molecule has 0 aromatic heterocycles. The quantitative estimate of drug-likeness (QED) is 0.791. The molecule has 146 valence electrons. The third-order valence-corrected chi connectivity index (χ3v) is 5.45. The molecule has 0 bridgehead atoms. The summed E-state index contributed by atoms with van der Waals surface area (Å²) in [5, 5.41) is 2.84. The lowest BCUT2D eigenvalue weighted by Crippen LogP contribution is -2.39. The Morgan fingerprint density at radius 2 is 1.81 bits per heavy atom. The van der Waals surface area contributed by atoms with Gasteiger partial charge in [-0.3, -0.25) is 14.4 Å².